The molecule has 1 saturated heterocycles. The minimum Gasteiger partial charge on any atom is -0.379 e. The Labute approximate surface area is 149 Å². The van der Waals surface area contributed by atoms with E-state index in [0.717, 1.165) is 57.4 Å². The third-order valence-electron chi connectivity index (χ3n) is 4.26. The van der Waals surface area contributed by atoms with Gasteiger partial charge >= 0.3 is 0 Å². The van der Waals surface area contributed by atoms with E-state index in [9.17, 15) is 0 Å². The summed E-state index contributed by atoms with van der Waals surface area (Å²) in [6.07, 6.45) is 1.67. The summed E-state index contributed by atoms with van der Waals surface area (Å²) in [6.45, 7) is 10.4. The highest BCUT2D eigenvalue weighted by Crippen LogP contribution is 2.22. The van der Waals surface area contributed by atoms with Gasteiger partial charge in [0, 0.05) is 38.4 Å². The molecule has 0 radical (unpaired) electrons. The largest absolute Gasteiger partial charge is 0.379 e. The maximum Gasteiger partial charge on any atom is 0.251 e. The van der Waals surface area contributed by atoms with Crippen molar-refractivity contribution in [2.75, 3.05) is 56.2 Å². The van der Waals surface area contributed by atoms with Crippen molar-refractivity contribution in [3.63, 3.8) is 0 Å². The summed E-state index contributed by atoms with van der Waals surface area (Å²) in [5.41, 5.74) is 2.29. The van der Waals surface area contributed by atoms with E-state index in [-0.39, 0.29) is 0 Å². The normalized spacial score (nSPS) is 15.1. The maximum absolute atomic E-state index is 5.37. The molecule has 7 heteroatoms. The van der Waals surface area contributed by atoms with Gasteiger partial charge in [-0.2, -0.15) is 10.1 Å². The molecule has 2 heterocycles. The van der Waals surface area contributed by atoms with Crippen LogP contribution in [0.3, 0.4) is 0 Å². The summed E-state index contributed by atoms with van der Waals surface area (Å²) in [7, 11) is 0. The van der Waals surface area contributed by atoms with Crippen molar-refractivity contribution in [3.8, 4) is 0 Å². The SMILES string of the molecule is CCN(c1cccc(C)c1)c1nncc(NCCN2CCOCC2)n1. The predicted octanol–water partition coefficient (Wildman–Crippen LogP) is 2.08. The van der Waals surface area contributed by atoms with Gasteiger partial charge < -0.3 is 15.0 Å². The second kappa shape index (κ2) is 8.73. The molecule has 0 aliphatic carbocycles. The van der Waals surface area contributed by atoms with E-state index in [2.05, 4.69) is 62.3 Å². The van der Waals surface area contributed by atoms with Gasteiger partial charge in [0.15, 0.2) is 5.82 Å². The Bertz CT molecular complexity index is 674. The molecule has 1 N–H and O–H groups in total. The fourth-order valence-electron chi connectivity index (χ4n) is 2.90. The summed E-state index contributed by atoms with van der Waals surface area (Å²) in [4.78, 5) is 9.08. The number of hydrogen-bond acceptors (Lipinski definition) is 7. The molecule has 1 aliphatic heterocycles. The van der Waals surface area contributed by atoms with Gasteiger partial charge in [0.05, 0.1) is 19.4 Å². The molecule has 1 fully saturated rings. The predicted molar refractivity (Wildman–Crippen MR) is 99.4 cm³/mol. The average Bonchev–Trinajstić information content (AvgIpc) is 2.64. The highest BCUT2D eigenvalue weighted by Gasteiger charge is 2.13. The Morgan fingerprint density at radius 2 is 2.12 bits per heavy atom. The minimum atomic E-state index is 0.615. The van der Waals surface area contributed by atoms with Gasteiger partial charge in [-0.15, -0.1) is 5.10 Å². The van der Waals surface area contributed by atoms with Gasteiger partial charge in [-0.3, -0.25) is 4.90 Å². The van der Waals surface area contributed by atoms with E-state index in [0.29, 0.717) is 5.95 Å². The molecule has 1 aromatic heterocycles. The second-order valence-corrected chi connectivity index (χ2v) is 6.11. The quantitative estimate of drug-likeness (QED) is 0.826. The molecule has 1 aromatic carbocycles. The first-order valence-corrected chi connectivity index (χ1v) is 8.84. The monoisotopic (exact) mass is 342 g/mol. The Kier molecular flexibility index (Phi) is 6.14. The minimum absolute atomic E-state index is 0.615. The van der Waals surface area contributed by atoms with Crippen molar-refractivity contribution in [2.45, 2.75) is 13.8 Å². The molecule has 0 spiro atoms. The number of nitrogens with zero attached hydrogens (tertiary/aromatic N) is 5. The van der Waals surface area contributed by atoms with Crippen molar-refractivity contribution < 1.29 is 4.74 Å². The number of ether oxygens (including phenoxy) is 1. The highest BCUT2D eigenvalue weighted by atomic mass is 16.5. The van der Waals surface area contributed by atoms with Crippen molar-refractivity contribution in [3.05, 3.63) is 36.0 Å². The lowest BCUT2D eigenvalue weighted by molar-refractivity contribution is 0.0398. The average molecular weight is 342 g/mol. The lowest BCUT2D eigenvalue weighted by Gasteiger charge is -2.26. The summed E-state index contributed by atoms with van der Waals surface area (Å²) < 4.78 is 5.37. The summed E-state index contributed by atoms with van der Waals surface area (Å²) in [5, 5.41) is 11.7. The third-order valence-corrected chi connectivity index (χ3v) is 4.26. The molecule has 25 heavy (non-hydrogen) atoms. The van der Waals surface area contributed by atoms with Crippen LogP contribution in [-0.2, 0) is 4.74 Å². The number of rotatable bonds is 7. The van der Waals surface area contributed by atoms with Crippen molar-refractivity contribution >= 4 is 17.5 Å². The van der Waals surface area contributed by atoms with Gasteiger partial charge in [-0.25, -0.2) is 0 Å². The van der Waals surface area contributed by atoms with E-state index < -0.39 is 0 Å². The number of hydrogen-bond donors (Lipinski definition) is 1. The Balaban J connectivity index is 1.63. The van der Waals surface area contributed by atoms with Crippen LogP contribution in [0.15, 0.2) is 30.5 Å². The van der Waals surface area contributed by atoms with Crippen LogP contribution in [0.25, 0.3) is 0 Å². The van der Waals surface area contributed by atoms with Crippen LogP contribution in [0.4, 0.5) is 17.5 Å². The van der Waals surface area contributed by atoms with E-state index in [1.165, 1.54) is 5.56 Å². The number of anilines is 3. The lowest BCUT2D eigenvalue weighted by atomic mass is 10.2. The fourth-order valence-corrected chi connectivity index (χ4v) is 2.90. The first kappa shape index (κ1) is 17.6. The van der Waals surface area contributed by atoms with Crippen LogP contribution < -0.4 is 10.2 Å². The van der Waals surface area contributed by atoms with E-state index in [4.69, 9.17) is 4.74 Å². The molecule has 2 aromatic rings. The van der Waals surface area contributed by atoms with Gasteiger partial charge in [0.1, 0.15) is 0 Å². The van der Waals surface area contributed by atoms with Gasteiger partial charge in [0.25, 0.3) is 5.95 Å². The molecule has 0 saturated carbocycles. The Morgan fingerprint density at radius 1 is 1.28 bits per heavy atom. The lowest BCUT2D eigenvalue weighted by Crippen LogP contribution is -2.39. The van der Waals surface area contributed by atoms with Crippen LogP contribution in [0.1, 0.15) is 12.5 Å². The maximum atomic E-state index is 5.37. The zero-order chi connectivity index (χ0) is 17.5. The second-order valence-electron chi connectivity index (χ2n) is 6.11. The Morgan fingerprint density at radius 3 is 2.88 bits per heavy atom. The van der Waals surface area contributed by atoms with Crippen LogP contribution in [0.2, 0.25) is 0 Å². The molecule has 7 nitrogen and oxygen atoms in total. The molecule has 0 bridgehead atoms. The van der Waals surface area contributed by atoms with Crippen molar-refractivity contribution in [1.29, 1.82) is 0 Å². The highest BCUT2D eigenvalue weighted by molar-refractivity contribution is 5.58. The first-order valence-electron chi connectivity index (χ1n) is 8.84. The Hall–Kier alpha value is -2.25. The molecule has 0 unspecified atom stereocenters. The zero-order valence-corrected chi connectivity index (χ0v) is 15.0. The molecular weight excluding hydrogens is 316 g/mol. The molecule has 1 aliphatic rings. The zero-order valence-electron chi connectivity index (χ0n) is 15.0. The van der Waals surface area contributed by atoms with E-state index in [1.807, 2.05) is 6.07 Å². The standard InChI is InChI=1S/C18H26N6O/c1-3-24(16-6-4-5-15(2)13-16)18-21-17(14-20-22-18)19-7-8-23-9-11-25-12-10-23/h4-6,13-14H,3,7-12H2,1-2H3,(H,19,21,22). The van der Waals surface area contributed by atoms with E-state index >= 15 is 0 Å². The number of morpholine rings is 1. The van der Waals surface area contributed by atoms with Crippen LogP contribution in [0, 0.1) is 6.92 Å². The van der Waals surface area contributed by atoms with Crippen LogP contribution in [-0.4, -0.2) is 66.0 Å². The van der Waals surface area contributed by atoms with Crippen molar-refractivity contribution in [1.82, 2.24) is 20.1 Å². The summed E-state index contributed by atoms with van der Waals surface area (Å²) in [6, 6.07) is 8.33. The topological polar surface area (TPSA) is 66.4 Å². The molecular formula is C18H26N6O. The van der Waals surface area contributed by atoms with Gasteiger partial charge in [0.2, 0.25) is 0 Å². The fraction of sp³-hybridized carbons (Fsp3) is 0.500. The number of aryl methyl sites for hydroxylation is 1. The number of benzene rings is 1. The van der Waals surface area contributed by atoms with Gasteiger partial charge in [-0.1, -0.05) is 12.1 Å². The van der Waals surface area contributed by atoms with Crippen LogP contribution in [0.5, 0.6) is 0 Å². The number of nitrogens with one attached hydrogen (secondary N) is 1. The van der Waals surface area contributed by atoms with Crippen molar-refractivity contribution in [2.24, 2.45) is 0 Å². The molecule has 3 rings (SSSR count). The third kappa shape index (κ3) is 4.87. The number of aromatic nitrogens is 3. The van der Waals surface area contributed by atoms with Gasteiger partial charge in [-0.05, 0) is 31.5 Å². The summed E-state index contributed by atoms with van der Waals surface area (Å²) in [5.74, 6) is 1.37. The first-order chi connectivity index (χ1) is 12.3. The summed E-state index contributed by atoms with van der Waals surface area (Å²) >= 11 is 0. The molecule has 0 amide bonds. The molecule has 134 valence electrons. The van der Waals surface area contributed by atoms with E-state index in [1.54, 1.807) is 6.20 Å². The molecule has 0 atom stereocenters. The smallest absolute Gasteiger partial charge is 0.251 e. The van der Waals surface area contributed by atoms with Crippen LogP contribution >= 0.6 is 0 Å².